The van der Waals surface area contributed by atoms with Gasteiger partial charge in [-0.05, 0) is 42.0 Å². The Morgan fingerprint density at radius 1 is 1.00 bits per heavy atom. The predicted molar refractivity (Wildman–Crippen MR) is 116 cm³/mol. The molecule has 2 aromatic rings. The Labute approximate surface area is 195 Å². The van der Waals surface area contributed by atoms with E-state index in [0.29, 0.717) is 18.7 Å². The predicted octanol–water partition coefficient (Wildman–Crippen LogP) is 2.51. The van der Waals surface area contributed by atoms with Gasteiger partial charge in [0, 0.05) is 33.1 Å². The highest BCUT2D eigenvalue weighted by atomic mass is 32.2. The molecule has 1 heterocycles. The molecule has 0 atom stereocenters. The first-order chi connectivity index (χ1) is 16.1. The molecule has 0 unspecified atom stereocenters. The molecule has 12 heteroatoms. The summed E-state index contributed by atoms with van der Waals surface area (Å²) >= 11 is 0. The van der Waals surface area contributed by atoms with Crippen LogP contribution in [0.1, 0.15) is 22.8 Å². The van der Waals surface area contributed by atoms with Gasteiger partial charge in [-0.15, -0.1) is 0 Å². The fourth-order valence-corrected chi connectivity index (χ4v) is 4.80. The van der Waals surface area contributed by atoms with E-state index < -0.39 is 22.6 Å². The zero-order valence-corrected chi connectivity index (χ0v) is 19.4. The minimum atomic E-state index is -3.77. The molecule has 0 saturated carbocycles. The summed E-state index contributed by atoms with van der Waals surface area (Å²) in [5.41, 5.74) is 0.626. The fourth-order valence-electron chi connectivity index (χ4n) is 3.38. The van der Waals surface area contributed by atoms with E-state index in [1.54, 1.807) is 4.90 Å². The van der Waals surface area contributed by atoms with Crippen molar-refractivity contribution in [3.63, 3.8) is 0 Å². The van der Waals surface area contributed by atoms with Crippen molar-refractivity contribution in [2.24, 2.45) is 0 Å². The van der Waals surface area contributed by atoms with Crippen molar-refractivity contribution >= 4 is 21.9 Å². The lowest BCUT2D eigenvalue weighted by molar-refractivity contribution is -0.129. The lowest BCUT2D eigenvalue weighted by Crippen LogP contribution is -2.49. The summed E-state index contributed by atoms with van der Waals surface area (Å²) in [7, 11) is -2.47. The maximum absolute atomic E-state index is 12.8. The van der Waals surface area contributed by atoms with Crippen LogP contribution in [0.5, 0.6) is 11.5 Å². The van der Waals surface area contributed by atoms with Crippen LogP contribution in [-0.2, 0) is 26.2 Å². The van der Waals surface area contributed by atoms with Crippen molar-refractivity contribution in [2.45, 2.75) is 25.0 Å². The van der Waals surface area contributed by atoms with Crippen LogP contribution in [0.3, 0.4) is 0 Å². The molecule has 1 aliphatic rings. The smallest absolute Gasteiger partial charge is 0.387 e. The van der Waals surface area contributed by atoms with E-state index in [1.807, 2.05) is 0 Å². The van der Waals surface area contributed by atoms with Gasteiger partial charge in [0.2, 0.25) is 15.9 Å². The number of hydrogen-bond donors (Lipinski definition) is 0. The van der Waals surface area contributed by atoms with Gasteiger partial charge in [0.1, 0.15) is 6.61 Å². The van der Waals surface area contributed by atoms with E-state index in [9.17, 15) is 26.8 Å². The lowest BCUT2D eigenvalue weighted by Gasteiger charge is -2.33. The summed E-state index contributed by atoms with van der Waals surface area (Å²) in [6.07, 6.45) is 0. The molecule has 2 aromatic carbocycles. The Morgan fingerprint density at radius 2 is 1.65 bits per heavy atom. The SMILES string of the molecule is COc1cc(COC(=O)c2ccc(S(=O)(=O)N3CCN(C(C)=O)CC3)cc2)ccc1OC(F)F. The van der Waals surface area contributed by atoms with Crippen LogP contribution in [0, 0.1) is 0 Å². The molecule has 1 fully saturated rings. The Morgan fingerprint density at radius 3 is 2.21 bits per heavy atom. The second-order valence-corrected chi connectivity index (χ2v) is 9.31. The molecule has 0 aliphatic carbocycles. The van der Waals surface area contributed by atoms with Gasteiger partial charge in [-0.2, -0.15) is 13.1 Å². The van der Waals surface area contributed by atoms with Crippen molar-refractivity contribution < 1.29 is 41.0 Å². The molecule has 0 spiro atoms. The van der Waals surface area contributed by atoms with Crippen molar-refractivity contribution in [1.82, 2.24) is 9.21 Å². The number of carbonyl (C=O) groups excluding carboxylic acids is 2. The van der Waals surface area contributed by atoms with Gasteiger partial charge in [-0.25, -0.2) is 13.2 Å². The molecule has 1 aliphatic heterocycles. The van der Waals surface area contributed by atoms with Crippen LogP contribution >= 0.6 is 0 Å². The van der Waals surface area contributed by atoms with Crippen LogP contribution in [0.4, 0.5) is 8.78 Å². The summed E-state index contributed by atoms with van der Waals surface area (Å²) in [5.74, 6) is -0.874. The maximum Gasteiger partial charge on any atom is 0.387 e. The molecule has 1 saturated heterocycles. The van der Waals surface area contributed by atoms with E-state index in [4.69, 9.17) is 9.47 Å². The number of methoxy groups -OCH3 is 1. The largest absolute Gasteiger partial charge is 0.493 e. The van der Waals surface area contributed by atoms with Crippen LogP contribution in [0.2, 0.25) is 0 Å². The van der Waals surface area contributed by atoms with Gasteiger partial charge >= 0.3 is 12.6 Å². The number of sulfonamides is 1. The number of alkyl halides is 2. The fraction of sp³-hybridized carbons (Fsp3) is 0.364. The summed E-state index contributed by atoms with van der Waals surface area (Å²) in [4.78, 5) is 25.4. The second-order valence-electron chi connectivity index (χ2n) is 7.37. The van der Waals surface area contributed by atoms with Crippen LogP contribution in [0.25, 0.3) is 0 Å². The third kappa shape index (κ3) is 6.00. The Hall–Kier alpha value is -3.25. The van der Waals surface area contributed by atoms with Crippen molar-refractivity contribution in [3.05, 3.63) is 53.6 Å². The highest BCUT2D eigenvalue weighted by Gasteiger charge is 2.29. The topological polar surface area (TPSA) is 102 Å². The summed E-state index contributed by atoms with van der Waals surface area (Å²) < 4.78 is 66.4. The molecule has 9 nitrogen and oxygen atoms in total. The summed E-state index contributed by atoms with van der Waals surface area (Å²) in [6, 6.07) is 9.49. The van der Waals surface area contributed by atoms with Crippen LogP contribution < -0.4 is 9.47 Å². The molecule has 0 aromatic heterocycles. The molecule has 184 valence electrons. The van der Waals surface area contributed by atoms with Gasteiger partial charge in [0.05, 0.1) is 17.6 Å². The number of nitrogens with zero attached hydrogens (tertiary/aromatic N) is 2. The van der Waals surface area contributed by atoms with E-state index in [0.717, 1.165) is 0 Å². The zero-order valence-electron chi connectivity index (χ0n) is 18.6. The van der Waals surface area contributed by atoms with Gasteiger partial charge < -0.3 is 19.1 Å². The quantitative estimate of drug-likeness (QED) is 0.516. The number of carbonyl (C=O) groups is 2. The lowest BCUT2D eigenvalue weighted by atomic mass is 10.2. The molecular formula is C22H24F2N2O7S. The number of rotatable bonds is 8. The second kappa shape index (κ2) is 10.8. The molecule has 1 amide bonds. The molecule has 34 heavy (non-hydrogen) atoms. The molecular weight excluding hydrogens is 474 g/mol. The van der Waals surface area contributed by atoms with E-state index in [2.05, 4.69) is 4.74 Å². The third-order valence-corrected chi connectivity index (χ3v) is 7.14. The molecule has 3 rings (SSSR count). The average molecular weight is 499 g/mol. The normalized spacial score (nSPS) is 14.7. The number of ether oxygens (including phenoxy) is 3. The minimum absolute atomic E-state index is 0.0275. The summed E-state index contributed by atoms with van der Waals surface area (Å²) in [5, 5.41) is 0. The standard InChI is InChI=1S/C22H24F2N2O7S/c1-15(27)25-9-11-26(12-10-25)34(29,30)18-6-4-17(5-7-18)21(28)32-14-16-3-8-19(33-22(23)24)20(13-16)31-2/h3-8,13,22H,9-12,14H2,1-2H3. The maximum atomic E-state index is 12.8. The zero-order chi connectivity index (χ0) is 24.9. The number of amides is 1. The number of benzene rings is 2. The minimum Gasteiger partial charge on any atom is -0.493 e. The third-order valence-electron chi connectivity index (χ3n) is 5.23. The van der Waals surface area contributed by atoms with Gasteiger partial charge in [-0.3, -0.25) is 4.79 Å². The van der Waals surface area contributed by atoms with Crippen molar-refractivity contribution in [1.29, 1.82) is 0 Å². The van der Waals surface area contributed by atoms with Crippen LogP contribution in [-0.4, -0.2) is 69.4 Å². The van der Waals surface area contributed by atoms with E-state index >= 15 is 0 Å². The van der Waals surface area contributed by atoms with E-state index in [1.165, 1.54) is 60.8 Å². The van der Waals surface area contributed by atoms with Gasteiger partial charge in [-0.1, -0.05) is 6.07 Å². The number of hydrogen-bond acceptors (Lipinski definition) is 7. The first-order valence-corrected chi connectivity index (χ1v) is 11.7. The van der Waals surface area contributed by atoms with Crippen molar-refractivity contribution in [3.8, 4) is 11.5 Å². The number of esters is 1. The molecule has 0 radical (unpaired) electrons. The Kier molecular flexibility index (Phi) is 8.05. The molecule has 0 N–H and O–H groups in total. The highest BCUT2D eigenvalue weighted by Crippen LogP contribution is 2.29. The average Bonchev–Trinajstić information content (AvgIpc) is 2.83. The molecule has 0 bridgehead atoms. The van der Waals surface area contributed by atoms with Gasteiger partial charge in [0.25, 0.3) is 0 Å². The highest BCUT2D eigenvalue weighted by molar-refractivity contribution is 7.89. The first-order valence-electron chi connectivity index (χ1n) is 10.3. The Bertz CT molecular complexity index is 1130. The number of piperazine rings is 1. The van der Waals surface area contributed by atoms with E-state index in [-0.39, 0.29) is 47.6 Å². The number of halogens is 2. The Balaban J connectivity index is 1.61. The first kappa shape index (κ1) is 25.4. The van der Waals surface area contributed by atoms with Crippen LogP contribution in [0.15, 0.2) is 47.4 Å². The monoisotopic (exact) mass is 498 g/mol. The van der Waals surface area contributed by atoms with Crippen molar-refractivity contribution in [2.75, 3.05) is 33.3 Å². The van der Waals surface area contributed by atoms with Gasteiger partial charge in [0.15, 0.2) is 11.5 Å². The summed E-state index contributed by atoms with van der Waals surface area (Å²) in [6.45, 7) is -0.709.